The van der Waals surface area contributed by atoms with Crippen LogP contribution in [0.1, 0.15) is 12.7 Å². The molecule has 0 saturated carbocycles. The van der Waals surface area contributed by atoms with Crippen LogP contribution in [0.5, 0.6) is 0 Å². The second kappa shape index (κ2) is 7.42. The number of anilines is 1. The van der Waals surface area contributed by atoms with Crippen molar-refractivity contribution in [3.63, 3.8) is 0 Å². The molecule has 0 radical (unpaired) electrons. The molecule has 0 aliphatic carbocycles. The molecule has 122 valence electrons. The number of benzene rings is 1. The van der Waals surface area contributed by atoms with Crippen LogP contribution >= 0.6 is 23.4 Å². The van der Waals surface area contributed by atoms with Crippen molar-refractivity contribution < 1.29 is 9.72 Å². The number of hydrogen-bond acceptors (Lipinski definition) is 6. The van der Waals surface area contributed by atoms with Gasteiger partial charge in [0.15, 0.2) is 5.16 Å². The number of hydrogen-bond donors (Lipinski definition) is 1. The Kier molecular flexibility index (Phi) is 5.56. The first-order chi connectivity index (χ1) is 10.9. The maximum absolute atomic E-state index is 12.0. The second-order valence-electron chi connectivity index (χ2n) is 4.53. The molecule has 10 heteroatoms. The Morgan fingerprint density at radius 3 is 2.87 bits per heavy atom. The van der Waals surface area contributed by atoms with Crippen LogP contribution in [0.3, 0.4) is 0 Å². The number of halogens is 1. The van der Waals surface area contributed by atoms with Gasteiger partial charge in [-0.25, -0.2) is 0 Å². The topological polar surface area (TPSA) is 103 Å². The van der Waals surface area contributed by atoms with Crippen molar-refractivity contribution in [3.8, 4) is 0 Å². The normalized spacial score (nSPS) is 10.6. The smallest absolute Gasteiger partial charge is 0.271 e. The largest absolute Gasteiger partial charge is 0.324 e. The molecular weight excluding hydrogens is 342 g/mol. The van der Waals surface area contributed by atoms with Crippen molar-refractivity contribution in [1.29, 1.82) is 0 Å². The van der Waals surface area contributed by atoms with Gasteiger partial charge in [0, 0.05) is 18.7 Å². The van der Waals surface area contributed by atoms with Gasteiger partial charge in [0.2, 0.25) is 5.91 Å². The molecule has 0 fully saturated rings. The summed E-state index contributed by atoms with van der Waals surface area (Å²) in [6.07, 6.45) is 0. The number of amides is 1. The number of thioether (sulfide) groups is 1. The minimum absolute atomic E-state index is 0.0944. The van der Waals surface area contributed by atoms with E-state index in [0.717, 1.165) is 5.82 Å². The van der Waals surface area contributed by atoms with E-state index in [1.165, 1.54) is 30.0 Å². The Bertz CT molecular complexity index is 749. The van der Waals surface area contributed by atoms with Gasteiger partial charge in [-0.15, -0.1) is 10.2 Å². The highest BCUT2D eigenvalue weighted by Crippen LogP contribution is 2.27. The standard InChI is InChI=1S/C13H14ClN5O3S/c1-3-18-8(2)16-17-13(18)23-7-12(20)15-11-6-9(19(21)22)4-5-10(11)14/h4-6H,3,7H2,1-2H3,(H,15,20). The fraction of sp³-hybridized carbons (Fsp3) is 0.308. The lowest BCUT2D eigenvalue weighted by Crippen LogP contribution is -2.15. The van der Waals surface area contributed by atoms with Crippen molar-refractivity contribution in [1.82, 2.24) is 14.8 Å². The van der Waals surface area contributed by atoms with E-state index in [0.29, 0.717) is 11.7 Å². The van der Waals surface area contributed by atoms with Crippen LogP contribution in [0.25, 0.3) is 0 Å². The van der Waals surface area contributed by atoms with Crippen LogP contribution in [0.15, 0.2) is 23.4 Å². The van der Waals surface area contributed by atoms with E-state index in [1.54, 1.807) is 0 Å². The maximum Gasteiger partial charge on any atom is 0.271 e. The number of nitrogens with zero attached hydrogens (tertiary/aromatic N) is 4. The number of nitro benzene ring substituents is 1. The quantitative estimate of drug-likeness (QED) is 0.485. The zero-order valence-corrected chi connectivity index (χ0v) is 14.0. The number of carbonyl (C=O) groups is 1. The number of nitro groups is 1. The van der Waals surface area contributed by atoms with Crippen molar-refractivity contribution in [2.75, 3.05) is 11.1 Å². The molecule has 23 heavy (non-hydrogen) atoms. The van der Waals surface area contributed by atoms with E-state index in [9.17, 15) is 14.9 Å². The summed E-state index contributed by atoms with van der Waals surface area (Å²) in [4.78, 5) is 22.2. The number of carbonyl (C=O) groups excluding carboxylic acids is 1. The molecule has 1 aromatic heterocycles. The summed E-state index contributed by atoms with van der Waals surface area (Å²) in [6, 6.07) is 3.88. The first-order valence-electron chi connectivity index (χ1n) is 6.68. The summed E-state index contributed by atoms with van der Waals surface area (Å²) in [6.45, 7) is 4.51. The third-order valence-electron chi connectivity index (χ3n) is 2.99. The summed E-state index contributed by atoms with van der Waals surface area (Å²) in [5.41, 5.74) is 0.0679. The molecule has 0 saturated heterocycles. The average molecular weight is 356 g/mol. The van der Waals surface area contributed by atoms with E-state index < -0.39 is 4.92 Å². The number of nitrogens with one attached hydrogen (secondary N) is 1. The predicted octanol–water partition coefficient (Wildman–Crippen LogP) is 2.90. The fourth-order valence-corrected chi connectivity index (χ4v) is 2.88. The minimum Gasteiger partial charge on any atom is -0.324 e. The van der Waals surface area contributed by atoms with Gasteiger partial charge in [-0.2, -0.15) is 0 Å². The Labute approximate surface area is 141 Å². The third-order valence-corrected chi connectivity index (χ3v) is 4.28. The van der Waals surface area contributed by atoms with Gasteiger partial charge in [0.1, 0.15) is 5.82 Å². The molecule has 0 bridgehead atoms. The first kappa shape index (κ1) is 17.2. The summed E-state index contributed by atoms with van der Waals surface area (Å²) >= 11 is 7.18. The third kappa shape index (κ3) is 4.20. The highest BCUT2D eigenvalue weighted by molar-refractivity contribution is 7.99. The monoisotopic (exact) mass is 355 g/mol. The van der Waals surface area contributed by atoms with E-state index in [-0.39, 0.29) is 28.1 Å². The van der Waals surface area contributed by atoms with Crippen molar-refractivity contribution in [3.05, 3.63) is 39.2 Å². The van der Waals surface area contributed by atoms with E-state index in [4.69, 9.17) is 11.6 Å². The molecule has 0 spiro atoms. The molecule has 0 atom stereocenters. The molecule has 0 aliphatic heterocycles. The van der Waals surface area contributed by atoms with Gasteiger partial charge in [-0.1, -0.05) is 23.4 Å². The molecule has 0 aliphatic rings. The van der Waals surface area contributed by atoms with Crippen molar-refractivity contribution >= 4 is 40.6 Å². The van der Waals surface area contributed by atoms with Crippen LogP contribution in [0.4, 0.5) is 11.4 Å². The lowest BCUT2D eigenvalue weighted by molar-refractivity contribution is -0.384. The molecule has 8 nitrogen and oxygen atoms in total. The van der Waals surface area contributed by atoms with Gasteiger partial charge in [-0.3, -0.25) is 14.9 Å². The summed E-state index contributed by atoms with van der Waals surface area (Å²) in [7, 11) is 0. The first-order valence-corrected chi connectivity index (χ1v) is 8.05. The fourth-order valence-electron chi connectivity index (χ4n) is 1.87. The van der Waals surface area contributed by atoms with Gasteiger partial charge < -0.3 is 9.88 Å². The van der Waals surface area contributed by atoms with Crippen LogP contribution in [0, 0.1) is 17.0 Å². The second-order valence-corrected chi connectivity index (χ2v) is 5.88. The Hall–Kier alpha value is -2.13. The molecule has 1 aromatic carbocycles. The van der Waals surface area contributed by atoms with Gasteiger partial charge >= 0.3 is 0 Å². The van der Waals surface area contributed by atoms with Crippen molar-refractivity contribution in [2.24, 2.45) is 0 Å². The number of non-ortho nitro benzene ring substituents is 1. The zero-order valence-electron chi connectivity index (χ0n) is 12.4. The number of rotatable bonds is 6. The maximum atomic E-state index is 12.0. The van der Waals surface area contributed by atoms with Crippen LogP contribution in [0.2, 0.25) is 5.02 Å². The lowest BCUT2D eigenvalue weighted by atomic mass is 10.3. The van der Waals surface area contributed by atoms with Crippen LogP contribution < -0.4 is 5.32 Å². The zero-order chi connectivity index (χ0) is 17.0. The SMILES string of the molecule is CCn1c(C)nnc1SCC(=O)Nc1cc([N+](=O)[O-])ccc1Cl. The van der Waals surface area contributed by atoms with E-state index >= 15 is 0 Å². The molecular formula is C13H14ClN5O3S. The van der Waals surface area contributed by atoms with Crippen LogP contribution in [-0.2, 0) is 11.3 Å². The highest BCUT2D eigenvalue weighted by atomic mass is 35.5. The van der Waals surface area contributed by atoms with Crippen molar-refractivity contribution in [2.45, 2.75) is 25.5 Å². The summed E-state index contributed by atoms with van der Waals surface area (Å²) in [5, 5.41) is 22.2. The average Bonchev–Trinajstić information content (AvgIpc) is 2.87. The van der Waals surface area contributed by atoms with E-state index in [2.05, 4.69) is 15.5 Å². The van der Waals surface area contributed by atoms with Gasteiger partial charge in [0.05, 0.1) is 21.4 Å². The molecule has 2 aromatic rings. The number of aromatic nitrogens is 3. The minimum atomic E-state index is -0.548. The molecule has 1 amide bonds. The molecule has 1 N–H and O–H groups in total. The molecule has 0 unspecified atom stereocenters. The predicted molar refractivity (Wildman–Crippen MR) is 87.9 cm³/mol. The Morgan fingerprint density at radius 1 is 1.48 bits per heavy atom. The number of aryl methyl sites for hydroxylation is 1. The van der Waals surface area contributed by atoms with Gasteiger partial charge in [0.25, 0.3) is 5.69 Å². The molecule has 1 heterocycles. The Morgan fingerprint density at radius 2 is 2.22 bits per heavy atom. The summed E-state index contributed by atoms with van der Waals surface area (Å²) in [5.74, 6) is 0.537. The highest BCUT2D eigenvalue weighted by Gasteiger charge is 2.14. The molecule has 2 rings (SSSR count). The van der Waals surface area contributed by atoms with E-state index in [1.807, 2.05) is 18.4 Å². The Balaban J connectivity index is 2.02. The summed E-state index contributed by atoms with van der Waals surface area (Å²) < 4.78 is 1.89. The van der Waals surface area contributed by atoms with Gasteiger partial charge in [-0.05, 0) is 19.9 Å². The van der Waals surface area contributed by atoms with Crippen LogP contribution in [-0.4, -0.2) is 31.3 Å². The lowest BCUT2D eigenvalue weighted by Gasteiger charge is -2.07.